The number of imidazole rings is 1. The monoisotopic (exact) mass is 798 g/mol. The van der Waals surface area contributed by atoms with E-state index in [1.54, 1.807) is 16.2 Å². The second-order valence-electron chi connectivity index (χ2n) is 16.2. The number of amides is 3. The number of rotatable bonds is 6. The average molecular weight is 799 g/mol. The summed E-state index contributed by atoms with van der Waals surface area (Å²) in [6.45, 7) is 9.28. The van der Waals surface area contributed by atoms with Crippen LogP contribution in [0.2, 0.25) is 0 Å². The van der Waals surface area contributed by atoms with Crippen molar-refractivity contribution in [1.82, 2.24) is 34.6 Å². The number of thiophene rings is 1. The van der Waals surface area contributed by atoms with Gasteiger partial charge < -0.3 is 20.4 Å². The fourth-order valence-electron chi connectivity index (χ4n) is 9.44. The van der Waals surface area contributed by atoms with Gasteiger partial charge in [0.25, 0.3) is 5.91 Å². The zero-order valence-corrected chi connectivity index (χ0v) is 33.5. The van der Waals surface area contributed by atoms with Crippen LogP contribution in [0.15, 0.2) is 65.7 Å². The van der Waals surface area contributed by atoms with Gasteiger partial charge >= 0.3 is 5.69 Å². The Kier molecular flexibility index (Phi) is 9.16. The third-order valence-corrected chi connectivity index (χ3v) is 13.7. The molecule has 6 aromatic rings. The Morgan fingerprint density at radius 2 is 1.72 bits per heavy atom. The van der Waals surface area contributed by atoms with E-state index < -0.39 is 11.9 Å². The number of piperidine rings is 2. The number of carbonyl (C=O) groups excluding carboxylic acids is 3. The van der Waals surface area contributed by atoms with Crippen molar-refractivity contribution >= 4 is 78.1 Å². The summed E-state index contributed by atoms with van der Waals surface area (Å²) >= 11 is 1.52. The van der Waals surface area contributed by atoms with Crippen molar-refractivity contribution in [2.24, 2.45) is 13.0 Å². The van der Waals surface area contributed by atoms with Gasteiger partial charge in [0.2, 0.25) is 11.8 Å². The lowest BCUT2D eigenvalue weighted by Crippen LogP contribution is -2.49. The molecular weight excluding hydrogens is 753 g/mol. The van der Waals surface area contributed by atoms with Gasteiger partial charge in [-0.25, -0.2) is 9.78 Å². The van der Waals surface area contributed by atoms with Gasteiger partial charge in [-0.15, -0.1) is 11.3 Å². The molecule has 10 rings (SSSR count). The van der Waals surface area contributed by atoms with E-state index in [-0.39, 0.29) is 30.0 Å². The van der Waals surface area contributed by atoms with Crippen molar-refractivity contribution in [2.45, 2.75) is 44.7 Å². The molecule has 3 N–H and O–H groups in total. The molecule has 14 nitrogen and oxygen atoms in total. The Balaban J connectivity index is 0.779. The van der Waals surface area contributed by atoms with Crippen molar-refractivity contribution < 1.29 is 14.4 Å². The highest BCUT2D eigenvalue weighted by atomic mass is 32.1. The number of imide groups is 1. The summed E-state index contributed by atoms with van der Waals surface area (Å²) in [6, 6.07) is 15.8. The highest BCUT2D eigenvalue weighted by Crippen LogP contribution is 2.41. The number of pyridine rings is 2. The molecule has 3 fully saturated rings. The van der Waals surface area contributed by atoms with Crippen LogP contribution in [-0.2, 0) is 16.6 Å². The molecule has 0 saturated carbocycles. The molecule has 3 amide bonds. The Labute approximate surface area is 338 Å². The highest BCUT2D eigenvalue weighted by molar-refractivity contribution is 7.21. The lowest BCUT2D eigenvalue weighted by Gasteiger charge is -2.40. The first-order valence-electron chi connectivity index (χ1n) is 20.3. The van der Waals surface area contributed by atoms with E-state index in [2.05, 4.69) is 66.0 Å². The highest BCUT2D eigenvalue weighted by Gasteiger charge is 2.33. The van der Waals surface area contributed by atoms with E-state index in [1.165, 1.54) is 11.3 Å². The smallest absolute Gasteiger partial charge is 0.329 e. The maximum atomic E-state index is 13.5. The molecule has 2 atom stereocenters. The SMILES string of the molecule is C[C@@H]1CNc2c(sc3ccc4nc(-c5cncc(N6CCC(CN7CCN(c8cccc9c8n(C)c(=O)n9C8CCC(=O)NC8=O)CC7)CC6)c5)ccc4c23)C(=O)N1. The van der Waals surface area contributed by atoms with Crippen molar-refractivity contribution in [3.63, 3.8) is 0 Å². The largest absolute Gasteiger partial charge is 0.381 e. The van der Waals surface area contributed by atoms with E-state index in [1.807, 2.05) is 37.5 Å². The number of nitrogens with one attached hydrogen (secondary N) is 3. The van der Waals surface area contributed by atoms with E-state index in [0.29, 0.717) is 18.9 Å². The zero-order chi connectivity index (χ0) is 39.7. The van der Waals surface area contributed by atoms with Crippen LogP contribution in [0.1, 0.15) is 48.3 Å². The second-order valence-corrected chi connectivity index (χ2v) is 17.3. The topological polar surface area (TPSA) is 150 Å². The van der Waals surface area contributed by atoms with Crippen molar-refractivity contribution in [2.75, 3.05) is 67.5 Å². The first-order chi connectivity index (χ1) is 28.2. The number of aryl methyl sites for hydroxylation is 1. The minimum absolute atomic E-state index is 0.0274. The molecule has 3 saturated heterocycles. The summed E-state index contributed by atoms with van der Waals surface area (Å²) in [5.74, 6) is -0.126. The van der Waals surface area contributed by atoms with Gasteiger partial charge in [-0.2, -0.15) is 0 Å². The third kappa shape index (κ3) is 6.36. The van der Waals surface area contributed by atoms with Crippen LogP contribution in [0.3, 0.4) is 0 Å². The molecule has 0 spiro atoms. The minimum atomic E-state index is -0.696. The number of para-hydroxylation sites is 1. The van der Waals surface area contributed by atoms with Crippen molar-refractivity contribution in [3.8, 4) is 11.3 Å². The van der Waals surface area contributed by atoms with Crippen LogP contribution < -0.4 is 31.4 Å². The standard InChI is InChI=1S/C43H46N10O4S/c1-25-21-45-38-37-29-6-7-30(47-31(29)8-10-35(37)58-40(38)42(56)46-25)27-20-28(23-44-22-27)51-14-12-26(13-15-51)24-50-16-18-52(19-17-50)32-4-3-5-33-39(32)49(2)43(57)53(33)34-9-11-36(54)48-41(34)55/h3-8,10,20,22-23,25-26,34,45H,9,11-19,21,24H2,1-2H3,(H,46,56)(H,48,54,55)/t25-,34?/m1/s1. The number of hydrogen-bond acceptors (Lipinski definition) is 11. The maximum absolute atomic E-state index is 13.5. The van der Waals surface area contributed by atoms with Gasteiger partial charge in [-0.3, -0.25) is 38.7 Å². The number of fused-ring (bicyclic) bond motifs is 6. The number of nitrogens with zero attached hydrogens (tertiary/aromatic N) is 7. The summed E-state index contributed by atoms with van der Waals surface area (Å²) in [4.78, 5) is 68.7. The van der Waals surface area contributed by atoms with Gasteiger partial charge in [0, 0.05) is 99.1 Å². The summed E-state index contributed by atoms with van der Waals surface area (Å²) in [5, 5.41) is 11.1. The van der Waals surface area contributed by atoms with Gasteiger partial charge in [-0.1, -0.05) is 6.07 Å². The molecule has 4 aliphatic rings. The number of anilines is 3. The van der Waals surface area contributed by atoms with Crippen LogP contribution in [0.5, 0.6) is 0 Å². The number of hydrogen-bond donors (Lipinski definition) is 3. The first-order valence-corrected chi connectivity index (χ1v) is 21.1. The van der Waals surface area contributed by atoms with Gasteiger partial charge in [-0.05, 0) is 74.6 Å². The number of carbonyl (C=O) groups is 3. The van der Waals surface area contributed by atoms with Gasteiger partial charge in [0.1, 0.15) is 10.9 Å². The molecule has 0 bridgehead atoms. The van der Waals surface area contributed by atoms with E-state index in [9.17, 15) is 19.2 Å². The number of aromatic nitrogens is 4. The quantitative estimate of drug-likeness (QED) is 0.202. The van der Waals surface area contributed by atoms with Crippen LogP contribution in [-0.4, -0.2) is 100 Å². The normalized spacial score (nSPS) is 21.0. The second kappa shape index (κ2) is 14.5. The molecule has 15 heteroatoms. The number of benzene rings is 2. The summed E-state index contributed by atoms with van der Waals surface area (Å²) in [7, 11) is 1.77. The third-order valence-electron chi connectivity index (χ3n) is 12.5. The Morgan fingerprint density at radius 3 is 2.53 bits per heavy atom. The maximum Gasteiger partial charge on any atom is 0.329 e. The number of piperazine rings is 1. The molecule has 4 aromatic heterocycles. The average Bonchev–Trinajstić information content (AvgIpc) is 3.69. The molecule has 0 radical (unpaired) electrons. The molecule has 58 heavy (non-hydrogen) atoms. The summed E-state index contributed by atoms with van der Waals surface area (Å²) in [6.07, 6.45) is 6.61. The Hall–Kier alpha value is -5.80. The van der Waals surface area contributed by atoms with Crippen molar-refractivity contribution in [1.29, 1.82) is 0 Å². The molecule has 0 aliphatic carbocycles. The minimum Gasteiger partial charge on any atom is -0.381 e. The molecule has 1 unspecified atom stereocenters. The van der Waals surface area contributed by atoms with E-state index >= 15 is 0 Å². The molecule has 2 aromatic carbocycles. The first kappa shape index (κ1) is 36.5. The fraction of sp³-hybridized carbons (Fsp3) is 0.395. The summed E-state index contributed by atoms with van der Waals surface area (Å²) in [5.41, 5.74) is 7.08. The summed E-state index contributed by atoms with van der Waals surface area (Å²) < 4.78 is 4.28. The van der Waals surface area contributed by atoms with Crippen molar-refractivity contribution in [3.05, 3.63) is 76.3 Å². The van der Waals surface area contributed by atoms with Crippen LogP contribution in [0.25, 0.3) is 43.3 Å². The van der Waals surface area contributed by atoms with Crippen LogP contribution in [0.4, 0.5) is 17.1 Å². The predicted octanol–water partition coefficient (Wildman–Crippen LogP) is 4.73. The molecule has 8 heterocycles. The lowest BCUT2D eigenvalue weighted by molar-refractivity contribution is -0.135. The molecule has 298 valence electrons. The fourth-order valence-corrected chi connectivity index (χ4v) is 10.5. The zero-order valence-electron chi connectivity index (χ0n) is 32.7. The van der Waals surface area contributed by atoms with E-state index in [4.69, 9.17) is 4.98 Å². The predicted molar refractivity (Wildman–Crippen MR) is 228 cm³/mol. The van der Waals surface area contributed by atoms with E-state index in [0.717, 1.165) is 124 Å². The van der Waals surface area contributed by atoms with Gasteiger partial charge in [0.15, 0.2) is 0 Å². The molecular formula is C43H46N10O4S. The van der Waals surface area contributed by atoms with Crippen LogP contribution in [0, 0.1) is 5.92 Å². The Bertz CT molecular complexity index is 2690. The van der Waals surface area contributed by atoms with Crippen LogP contribution >= 0.6 is 11.3 Å². The van der Waals surface area contributed by atoms with Gasteiger partial charge in [0.05, 0.1) is 45.5 Å². The Morgan fingerprint density at radius 1 is 0.897 bits per heavy atom. The molecule has 4 aliphatic heterocycles. The lowest BCUT2D eigenvalue weighted by atomic mass is 9.95.